The Kier molecular flexibility index (Phi) is 5.17. The molecular weight excluding hydrogens is 399 g/mol. The van der Waals surface area contributed by atoms with Crippen molar-refractivity contribution in [2.24, 2.45) is 5.92 Å². The molecule has 3 atom stereocenters. The number of alkyl halides is 3. The molecule has 3 fully saturated rings. The smallest absolute Gasteiger partial charge is 0.374 e. The van der Waals surface area contributed by atoms with Crippen LogP contribution in [-0.2, 0) is 11.3 Å². The number of morpholine rings is 1. The highest BCUT2D eigenvalue weighted by molar-refractivity contribution is 5.49. The predicted molar refractivity (Wildman–Crippen MR) is 106 cm³/mol. The van der Waals surface area contributed by atoms with Crippen LogP contribution in [0.5, 0.6) is 0 Å². The number of hydrogen-bond acceptors (Lipinski definition) is 6. The number of aromatic nitrogens is 2. The normalized spacial score (nSPS) is 29.5. The quantitative estimate of drug-likeness (QED) is 0.790. The topological polar surface area (TPSA) is 62.6 Å². The maximum Gasteiger partial charge on any atom is 0.408 e. The first-order valence-electron chi connectivity index (χ1n) is 10.9. The van der Waals surface area contributed by atoms with Crippen molar-refractivity contribution in [1.82, 2.24) is 14.9 Å². The zero-order chi connectivity index (χ0) is 20.9. The fraction of sp³-hybridized carbons (Fsp3) is 0.800. The van der Waals surface area contributed by atoms with E-state index in [1.54, 1.807) is 0 Å². The second kappa shape index (κ2) is 7.71. The van der Waals surface area contributed by atoms with E-state index in [0.29, 0.717) is 31.3 Å². The number of ether oxygens (including phenoxy) is 1. The Balaban J connectivity index is 1.46. The molecule has 0 unspecified atom stereocenters. The van der Waals surface area contributed by atoms with Crippen LogP contribution in [-0.4, -0.2) is 66.7 Å². The highest BCUT2D eigenvalue weighted by Crippen LogP contribution is 2.36. The van der Waals surface area contributed by atoms with Crippen LogP contribution in [0.15, 0.2) is 10.9 Å². The fourth-order valence-electron chi connectivity index (χ4n) is 5.37. The molecule has 30 heavy (non-hydrogen) atoms. The second-order valence-corrected chi connectivity index (χ2v) is 8.92. The third-order valence-corrected chi connectivity index (χ3v) is 7.04. The number of hydrogen-bond donors (Lipinski definition) is 1. The maximum atomic E-state index is 13.9. The lowest BCUT2D eigenvalue weighted by atomic mass is 9.94. The average Bonchev–Trinajstić information content (AvgIpc) is 3.35. The van der Waals surface area contributed by atoms with E-state index in [9.17, 15) is 18.0 Å². The van der Waals surface area contributed by atoms with Gasteiger partial charge in [-0.25, -0.2) is 0 Å². The summed E-state index contributed by atoms with van der Waals surface area (Å²) in [7, 11) is 0. The number of anilines is 2. The Morgan fingerprint density at radius 1 is 1.23 bits per heavy atom. The van der Waals surface area contributed by atoms with Crippen molar-refractivity contribution in [3.63, 3.8) is 0 Å². The van der Waals surface area contributed by atoms with Gasteiger partial charge in [0.1, 0.15) is 11.9 Å². The average molecular weight is 427 g/mol. The van der Waals surface area contributed by atoms with E-state index < -0.39 is 12.2 Å². The van der Waals surface area contributed by atoms with Gasteiger partial charge in [0.15, 0.2) is 0 Å². The summed E-state index contributed by atoms with van der Waals surface area (Å²) >= 11 is 0. The largest absolute Gasteiger partial charge is 0.408 e. The van der Waals surface area contributed by atoms with E-state index in [1.807, 2.05) is 4.90 Å². The molecule has 1 N–H and O–H groups in total. The van der Waals surface area contributed by atoms with Crippen molar-refractivity contribution in [1.29, 1.82) is 0 Å². The molecule has 0 saturated carbocycles. The van der Waals surface area contributed by atoms with Crippen molar-refractivity contribution >= 4 is 11.8 Å². The van der Waals surface area contributed by atoms with Gasteiger partial charge in [0, 0.05) is 25.7 Å². The van der Waals surface area contributed by atoms with Gasteiger partial charge < -0.3 is 19.9 Å². The molecular formula is C20H28F3N5O2. The third kappa shape index (κ3) is 3.68. The summed E-state index contributed by atoms with van der Waals surface area (Å²) in [6, 6.07) is 0.0261. The van der Waals surface area contributed by atoms with Crippen LogP contribution in [0.3, 0.4) is 0 Å². The Morgan fingerprint density at radius 3 is 2.70 bits per heavy atom. The summed E-state index contributed by atoms with van der Waals surface area (Å²) < 4.78 is 48.7. The third-order valence-electron chi connectivity index (χ3n) is 7.04. The van der Waals surface area contributed by atoms with Crippen LogP contribution in [0.4, 0.5) is 24.9 Å². The lowest BCUT2D eigenvalue weighted by molar-refractivity contribution is -0.152. The molecule has 3 saturated heterocycles. The number of halogens is 3. The van der Waals surface area contributed by atoms with Gasteiger partial charge >= 0.3 is 6.18 Å². The van der Waals surface area contributed by atoms with Gasteiger partial charge in [-0.1, -0.05) is 0 Å². The first kappa shape index (κ1) is 20.1. The van der Waals surface area contributed by atoms with E-state index in [0.717, 1.165) is 32.4 Å². The van der Waals surface area contributed by atoms with Crippen molar-refractivity contribution in [3.05, 3.63) is 16.4 Å². The second-order valence-electron chi connectivity index (χ2n) is 8.92. The molecule has 10 heteroatoms. The molecule has 7 nitrogen and oxygen atoms in total. The SMILES string of the molecule is O=c1cc(N2C[C@@H]3C[C@H]2CO3)nc2n1CC[C@@H](C(F)(F)F)N2CCC1CCNCC1. The zero-order valence-corrected chi connectivity index (χ0v) is 16.9. The predicted octanol–water partition coefficient (Wildman–Crippen LogP) is 1.75. The Labute approximate surface area is 173 Å². The summed E-state index contributed by atoms with van der Waals surface area (Å²) in [5.74, 6) is 1.05. The molecule has 2 bridgehead atoms. The lowest BCUT2D eigenvalue weighted by Gasteiger charge is -2.40. The minimum Gasteiger partial charge on any atom is -0.374 e. The molecule has 0 amide bonds. The minimum atomic E-state index is -4.35. The fourth-order valence-corrected chi connectivity index (χ4v) is 5.37. The van der Waals surface area contributed by atoms with Crippen molar-refractivity contribution < 1.29 is 17.9 Å². The van der Waals surface area contributed by atoms with Crippen LogP contribution in [0.25, 0.3) is 0 Å². The minimum absolute atomic E-state index is 0.0463. The summed E-state index contributed by atoms with van der Waals surface area (Å²) in [6.45, 7) is 3.34. The molecule has 166 valence electrons. The standard InChI is InChI=1S/C20H28F3N5O2/c21-20(22,23)16-4-8-27-18(29)10-17(28-11-15-9-14(28)12-30-15)25-19(27)26(16)7-3-13-1-5-24-6-2-13/h10,13-16,24H,1-9,11-12H2/t14-,15-,16-/m0/s1. The number of fused-ring (bicyclic) bond motifs is 3. The van der Waals surface area contributed by atoms with Gasteiger partial charge in [-0.05, 0) is 51.1 Å². The summed E-state index contributed by atoms with van der Waals surface area (Å²) in [5.41, 5.74) is -0.272. The number of nitrogens with one attached hydrogen (secondary N) is 1. The molecule has 4 aliphatic heterocycles. The summed E-state index contributed by atoms with van der Waals surface area (Å²) in [6.07, 6.45) is -0.848. The highest BCUT2D eigenvalue weighted by atomic mass is 19.4. The van der Waals surface area contributed by atoms with Crippen molar-refractivity contribution in [2.45, 2.75) is 63.0 Å². The number of rotatable bonds is 4. The molecule has 1 aromatic rings. The summed E-state index contributed by atoms with van der Waals surface area (Å²) in [5, 5.41) is 3.29. The van der Waals surface area contributed by atoms with Gasteiger partial charge in [-0.2, -0.15) is 18.2 Å². The lowest BCUT2D eigenvalue weighted by Crippen LogP contribution is -2.53. The first-order valence-corrected chi connectivity index (χ1v) is 10.9. The number of piperidine rings is 1. The Bertz CT molecular complexity index is 839. The zero-order valence-electron chi connectivity index (χ0n) is 16.9. The van der Waals surface area contributed by atoms with Gasteiger partial charge in [0.25, 0.3) is 5.56 Å². The van der Waals surface area contributed by atoms with E-state index in [1.165, 1.54) is 15.5 Å². The van der Waals surface area contributed by atoms with E-state index in [2.05, 4.69) is 10.3 Å². The highest BCUT2D eigenvalue weighted by Gasteiger charge is 2.47. The Morgan fingerprint density at radius 2 is 2.03 bits per heavy atom. The van der Waals surface area contributed by atoms with Gasteiger partial charge in [0.2, 0.25) is 5.95 Å². The van der Waals surface area contributed by atoms with Gasteiger partial charge in [-0.3, -0.25) is 9.36 Å². The van der Waals surface area contributed by atoms with Crippen LogP contribution in [0, 0.1) is 5.92 Å². The van der Waals surface area contributed by atoms with E-state index in [4.69, 9.17) is 4.74 Å². The number of nitrogens with zero attached hydrogens (tertiary/aromatic N) is 4. The molecule has 1 aromatic heterocycles. The molecule has 0 aliphatic carbocycles. The van der Waals surface area contributed by atoms with Crippen molar-refractivity contribution in [2.75, 3.05) is 42.6 Å². The Hall–Kier alpha value is -1.81. The monoisotopic (exact) mass is 427 g/mol. The summed E-state index contributed by atoms with van der Waals surface area (Å²) in [4.78, 5) is 20.8. The van der Waals surface area contributed by atoms with Crippen LogP contribution < -0.4 is 20.7 Å². The molecule has 5 heterocycles. The van der Waals surface area contributed by atoms with E-state index >= 15 is 0 Å². The first-order chi connectivity index (χ1) is 14.4. The molecule has 5 rings (SSSR count). The van der Waals surface area contributed by atoms with Crippen LogP contribution >= 0.6 is 0 Å². The molecule has 4 aliphatic rings. The van der Waals surface area contributed by atoms with Gasteiger partial charge in [-0.15, -0.1) is 0 Å². The molecule has 0 aromatic carbocycles. The van der Waals surface area contributed by atoms with Crippen LogP contribution in [0.2, 0.25) is 0 Å². The van der Waals surface area contributed by atoms with Crippen LogP contribution in [0.1, 0.15) is 32.1 Å². The van der Waals surface area contributed by atoms with Gasteiger partial charge in [0.05, 0.1) is 18.8 Å². The molecule has 0 radical (unpaired) electrons. The maximum absolute atomic E-state index is 13.9. The molecule has 0 spiro atoms. The van der Waals surface area contributed by atoms with Crippen molar-refractivity contribution in [3.8, 4) is 0 Å². The van der Waals surface area contributed by atoms with E-state index in [-0.39, 0.29) is 43.2 Å².